The molecule has 0 aromatic carbocycles. The van der Waals surface area contributed by atoms with Gasteiger partial charge in [0.1, 0.15) is 0 Å². The third-order valence-electron chi connectivity index (χ3n) is 2.93. The molecule has 0 aliphatic heterocycles. The van der Waals surface area contributed by atoms with E-state index in [1.807, 2.05) is 0 Å². The topological polar surface area (TPSA) is 6.48 Å². The van der Waals surface area contributed by atoms with Crippen molar-refractivity contribution in [2.75, 3.05) is 52.3 Å². The van der Waals surface area contributed by atoms with Crippen LogP contribution in [-0.4, -0.2) is 62.1 Å². The van der Waals surface area contributed by atoms with E-state index in [-0.39, 0.29) is 0 Å². The van der Waals surface area contributed by atoms with Gasteiger partial charge in [0.25, 0.3) is 0 Å². The van der Waals surface area contributed by atoms with Crippen LogP contribution in [0.3, 0.4) is 0 Å². The average Bonchev–Trinajstić information content (AvgIpc) is 2.33. The Morgan fingerprint density at radius 1 is 1.18 bits per heavy atom. The van der Waals surface area contributed by atoms with Crippen LogP contribution in [0.15, 0.2) is 23.8 Å². The molecule has 0 spiro atoms. The summed E-state index contributed by atoms with van der Waals surface area (Å²) in [6.07, 6.45) is 9.23. The monoisotopic (exact) mass is 254 g/mol. The van der Waals surface area contributed by atoms with Gasteiger partial charge in [0, 0.05) is 31.1 Å². The van der Waals surface area contributed by atoms with E-state index in [0.29, 0.717) is 0 Å². The van der Waals surface area contributed by atoms with E-state index in [1.165, 1.54) is 37.4 Å². The summed E-state index contributed by atoms with van der Waals surface area (Å²) < 4.78 is 0. The van der Waals surface area contributed by atoms with Crippen LogP contribution in [0.4, 0.5) is 0 Å². The first-order valence-electron chi connectivity index (χ1n) is 6.44. The molecule has 0 saturated heterocycles. The Balaban J connectivity index is 1.99. The smallest absolute Gasteiger partial charge is 0.0147 e. The van der Waals surface area contributed by atoms with Gasteiger partial charge in [-0.15, -0.1) is 0 Å². The minimum Gasteiger partial charge on any atom is -0.308 e. The number of rotatable bonds is 8. The maximum absolute atomic E-state index is 2.42. The third kappa shape index (κ3) is 7.63. The van der Waals surface area contributed by atoms with Crippen molar-refractivity contribution in [1.29, 1.82) is 0 Å². The molecule has 0 aromatic heterocycles. The Kier molecular flexibility index (Phi) is 7.65. The molecule has 0 fully saturated rings. The van der Waals surface area contributed by atoms with Crippen molar-refractivity contribution in [2.24, 2.45) is 0 Å². The molecular formula is C14H26N2S. The summed E-state index contributed by atoms with van der Waals surface area (Å²) in [5.74, 6) is 2.46. The zero-order valence-electron chi connectivity index (χ0n) is 11.5. The molecule has 1 aliphatic carbocycles. The van der Waals surface area contributed by atoms with Crippen molar-refractivity contribution in [3.05, 3.63) is 23.8 Å². The van der Waals surface area contributed by atoms with Crippen LogP contribution in [0.25, 0.3) is 0 Å². The summed E-state index contributed by atoms with van der Waals surface area (Å²) in [6, 6.07) is 0. The molecule has 0 unspecified atom stereocenters. The first kappa shape index (κ1) is 14.8. The van der Waals surface area contributed by atoms with E-state index in [0.717, 1.165) is 6.54 Å². The fourth-order valence-corrected chi connectivity index (χ4v) is 2.77. The minimum atomic E-state index is 1.15. The van der Waals surface area contributed by atoms with Crippen LogP contribution < -0.4 is 0 Å². The summed E-state index contributed by atoms with van der Waals surface area (Å²) >= 11 is 2.06. The van der Waals surface area contributed by atoms with E-state index >= 15 is 0 Å². The van der Waals surface area contributed by atoms with Gasteiger partial charge in [-0.3, -0.25) is 0 Å². The number of nitrogens with zero attached hydrogens (tertiary/aromatic N) is 2. The van der Waals surface area contributed by atoms with Gasteiger partial charge in [0.15, 0.2) is 0 Å². The van der Waals surface area contributed by atoms with Crippen molar-refractivity contribution < 1.29 is 0 Å². The number of thioether (sulfide) groups is 1. The first-order valence-corrected chi connectivity index (χ1v) is 7.59. The van der Waals surface area contributed by atoms with E-state index in [4.69, 9.17) is 0 Å². The molecule has 0 saturated carbocycles. The third-order valence-corrected chi connectivity index (χ3v) is 3.98. The summed E-state index contributed by atoms with van der Waals surface area (Å²) in [5, 5.41) is 0. The SMILES string of the molecule is CN(C)CCN(C)CCSCC1=CC=CCC1. The maximum Gasteiger partial charge on any atom is 0.0147 e. The van der Waals surface area contributed by atoms with Gasteiger partial charge in [-0.1, -0.05) is 23.8 Å². The van der Waals surface area contributed by atoms with Gasteiger partial charge in [0.2, 0.25) is 0 Å². The van der Waals surface area contributed by atoms with Crippen molar-refractivity contribution >= 4 is 11.8 Å². The molecular weight excluding hydrogens is 228 g/mol. The van der Waals surface area contributed by atoms with Crippen LogP contribution in [-0.2, 0) is 0 Å². The number of hydrogen-bond acceptors (Lipinski definition) is 3. The van der Waals surface area contributed by atoms with Crippen molar-refractivity contribution in [1.82, 2.24) is 9.80 Å². The molecule has 0 N–H and O–H groups in total. The normalized spacial score (nSPS) is 15.7. The number of allylic oxidation sites excluding steroid dienone is 3. The summed E-state index contributed by atoms with van der Waals surface area (Å²) in [6.45, 7) is 3.51. The van der Waals surface area contributed by atoms with Crippen molar-refractivity contribution in [3.8, 4) is 0 Å². The summed E-state index contributed by atoms with van der Waals surface area (Å²) in [4.78, 5) is 4.66. The largest absolute Gasteiger partial charge is 0.308 e. The highest BCUT2D eigenvalue weighted by molar-refractivity contribution is 7.99. The molecule has 0 amide bonds. The van der Waals surface area contributed by atoms with Crippen molar-refractivity contribution in [3.63, 3.8) is 0 Å². The Morgan fingerprint density at radius 3 is 2.65 bits per heavy atom. The zero-order chi connectivity index (χ0) is 12.5. The van der Waals surface area contributed by atoms with Gasteiger partial charge in [0.05, 0.1) is 0 Å². The summed E-state index contributed by atoms with van der Waals surface area (Å²) in [5.41, 5.74) is 1.61. The van der Waals surface area contributed by atoms with Crippen LogP contribution in [0.5, 0.6) is 0 Å². The molecule has 17 heavy (non-hydrogen) atoms. The molecule has 0 atom stereocenters. The molecule has 1 aliphatic rings. The standard InChI is InChI=1S/C14H26N2S/c1-15(2)9-10-16(3)11-12-17-13-14-7-5-4-6-8-14/h4-5,7H,6,8-13H2,1-3H3. The lowest BCUT2D eigenvalue weighted by molar-refractivity contribution is 0.294. The minimum absolute atomic E-state index is 1.15. The molecule has 1 rings (SSSR count). The van der Waals surface area contributed by atoms with Gasteiger partial charge in [-0.05, 0) is 34.0 Å². The molecule has 0 aromatic rings. The Morgan fingerprint density at radius 2 is 2.00 bits per heavy atom. The highest BCUT2D eigenvalue weighted by Crippen LogP contribution is 2.16. The number of likely N-dealkylation sites (N-methyl/N-ethyl adjacent to an activating group) is 2. The second-order valence-electron chi connectivity index (χ2n) is 4.95. The molecule has 3 heteroatoms. The van der Waals surface area contributed by atoms with Crippen LogP contribution in [0, 0.1) is 0 Å². The predicted molar refractivity (Wildman–Crippen MR) is 79.8 cm³/mol. The molecule has 0 bridgehead atoms. The molecule has 2 nitrogen and oxygen atoms in total. The van der Waals surface area contributed by atoms with Gasteiger partial charge >= 0.3 is 0 Å². The van der Waals surface area contributed by atoms with Crippen LogP contribution in [0.1, 0.15) is 12.8 Å². The van der Waals surface area contributed by atoms with E-state index in [2.05, 4.69) is 60.9 Å². The quantitative estimate of drug-likeness (QED) is 0.615. The molecule has 98 valence electrons. The average molecular weight is 254 g/mol. The second kappa shape index (κ2) is 8.78. The highest BCUT2D eigenvalue weighted by Gasteiger charge is 2.02. The van der Waals surface area contributed by atoms with Crippen molar-refractivity contribution in [2.45, 2.75) is 12.8 Å². The van der Waals surface area contributed by atoms with E-state index < -0.39 is 0 Å². The maximum atomic E-state index is 2.42. The Hall–Kier alpha value is -0.250. The van der Waals surface area contributed by atoms with Crippen LogP contribution in [0.2, 0.25) is 0 Å². The lowest BCUT2D eigenvalue weighted by atomic mass is 10.1. The van der Waals surface area contributed by atoms with Gasteiger partial charge in [-0.25, -0.2) is 0 Å². The van der Waals surface area contributed by atoms with Gasteiger partial charge in [-0.2, -0.15) is 11.8 Å². The predicted octanol–water partition coefficient (Wildman–Crippen LogP) is 2.49. The Labute approximate surface area is 111 Å². The lowest BCUT2D eigenvalue weighted by Crippen LogP contribution is -2.30. The number of hydrogen-bond donors (Lipinski definition) is 0. The fraction of sp³-hybridized carbons (Fsp3) is 0.714. The fourth-order valence-electron chi connectivity index (χ4n) is 1.68. The molecule has 0 heterocycles. The zero-order valence-corrected chi connectivity index (χ0v) is 12.3. The van der Waals surface area contributed by atoms with E-state index in [1.54, 1.807) is 5.57 Å². The molecule has 0 radical (unpaired) electrons. The van der Waals surface area contributed by atoms with E-state index in [9.17, 15) is 0 Å². The Bertz CT molecular complexity index is 259. The highest BCUT2D eigenvalue weighted by atomic mass is 32.2. The lowest BCUT2D eigenvalue weighted by Gasteiger charge is -2.19. The first-order chi connectivity index (χ1) is 8.18. The van der Waals surface area contributed by atoms with Gasteiger partial charge < -0.3 is 9.80 Å². The summed E-state index contributed by atoms with van der Waals surface area (Å²) in [7, 11) is 6.48. The van der Waals surface area contributed by atoms with Crippen LogP contribution >= 0.6 is 11.8 Å². The second-order valence-corrected chi connectivity index (χ2v) is 6.06.